The summed E-state index contributed by atoms with van der Waals surface area (Å²) in [7, 11) is -4.50. The Morgan fingerprint density at radius 1 is 0.923 bits per heavy atom. The molecule has 15 heteroatoms. The number of nitrogens with zero attached hydrogens (tertiary/aromatic N) is 2. The predicted molar refractivity (Wildman–Crippen MR) is 196 cm³/mol. The molecule has 0 unspecified atom stereocenters. The summed E-state index contributed by atoms with van der Waals surface area (Å²) in [4.78, 5) is 52.2. The lowest BCUT2D eigenvalue weighted by Crippen LogP contribution is -2.54. The number of ether oxygens (including phenoxy) is 2. The first kappa shape index (κ1) is 38.0. The van der Waals surface area contributed by atoms with Crippen LogP contribution in [0.3, 0.4) is 0 Å². The van der Waals surface area contributed by atoms with Gasteiger partial charge in [0.2, 0.25) is 5.91 Å². The third-order valence-corrected chi connectivity index (χ3v) is 9.93. The fraction of sp³-hybridized carbons (Fsp3) is 0.270. The summed E-state index contributed by atoms with van der Waals surface area (Å²) in [5, 5.41) is 13.7. The minimum absolute atomic E-state index is 0.00549. The van der Waals surface area contributed by atoms with E-state index in [0.29, 0.717) is 11.3 Å². The van der Waals surface area contributed by atoms with Crippen molar-refractivity contribution in [3.63, 3.8) is 0 Å². The number of nitrogens with one attached hydrogen (secondary N) is 2. The zero-order valence-electron chi connectivity index (χ0n) is 28.5. The number of rotatable bonds is 11. The number of nitro groups is 1. The van der Waals surface area contributed by atoms with E-state index in [1.54, 1.807) is 57.2 Å². The molecule has 13 nitrogen and oxygen atoms in total. The monoisotopic (exact) mass is 792 g/mol. The minimum Gasteiger partial charge on any atom is -0.488 e. The molecule has 3 atom stereocenters. The Hall–Kier alpha value is -5.28. The van der Waals surface area contributed by atoms with Gasteiger partial charge in [-0.1, -0.05) is 70.5 Å². The maximum atomic E-state index is 14.0. The number of benzene rings is 4. The number of likely N-dealkylation sites (tertiary alicyclic amines) is 1. The smallest absolute Gasteiger partial charge is 0.411 e. The molecule has 0 radical (unpaired) electrons. The van der Waals surface area contributed by atoms with Crippen LogP contribution in [0.15, 0.2) is 112 Å². The summed E-state index contributed by atoms with van der Waals surface area (Å²) < 4.78 is 40.9. The Bertz CT molecular complexity index is 2020. The number of hydrogen-bond acceptors (Lipinski definition) is 9. The van der Waals surface area contributed by atoms with Crippen LogP contribution < -0.4 is 14.8 Å². The van der Waals surface area contributed by atoms with Crippen molar-refractivity contribution in [2.45, 2.75) is 62.3 Å². The van der Waals surface area contributed by atoms with Crippen LogP contribution in [-0.4, -0.2) is 66.5 Å². The van der Waals surface area contributed by atoms with Gasteiger partial charge in [0.05, 0.1) is 16.4 Å². The number of non-ortho nitro benzene ring substituents is 1. The SMILES string of the molecule is CC(C)(C)OC(=O)N1C[C@@H](Oc2ccc(-c3ccccc3)cc2)C[C@H]1C(=O)N[C@@H](Cc1ccc(Br)cc1)C(=O)NS(=O)(=O)c1ccc([N+](=O)[O-])cc1. The summed E-state index contributed by atoms with van der Waals surface area (Å²) >= 11 is 3.36. The standard InChI is InChI=1S/C37H37BrN4O9S/c1-37(2,3)51-36(45)41-23-30(50-29-17-11-26(12-18-29)25-7-5-4-6-8-25)22-33(41)35(44)39-32(21-24-9-13-27(38)14-10-24)34(43)40-52(48,49)31-19-15-28(16-20-31)42(46)47/h4-20,30,32-33H,21-23H2,1-3H3,(H,39,44)(H,40,43)/t30-,32-,33-/m0/s1. The van der Waals surface area contributed by atoms with Gasteiger partial charge < -0.3 is 14.8 Å². The number of sulfonamides is 1. The second kappa shape index (κ2) is 15.9. The molecule has 1 aliphatic rings. The van der Waals surface area contributed by atoms with Crippen LogP contribution in [0.2, 0.25) is 0 Å². The molecular formula is C37H37BrN4O9S. The van der Waals surface area contributed by atoms with Gasteiger partial charge in [-0.25, -0.2) is 17.9 Å². The molecule has 1 saturated heterocycles. The maximum Gasteiger partial charge on any atom is 0.411 e. The lowest BCUT2D eigenvalue weighted by atomic mass is 10.0. The first-order chi connectivity index (χ1) is 24.6. The first-order valence-electron chi connectivity index (χ1n) is 16.3. The third-order valence-electron chi connectivity index (χ3n) is 8.04. The van der Waals surface area contributed by atoms with Crippen molar-refractivity contribution in [1.82, 2.24) is 14.9 Å². The van der Waals surface area contributed by atoms with Gasteiger partial charge in [0, 0.05) is 29.4 Å². The normalized spacial score (nSPS) is 16.4. The molecule has 5 rings (SSSR count). The highest BCUT2D eigenvalue weighted by atomic mass is 79.9. The quantitative estimate of drug-likeness (QED) is 0.136. The van der Waals surface area contributed by atoms with E-state index in [1.807, 2.05) is 47.2 Å². The summed E-state index contributed by atoms with van der Waals surface area (Å²) in [6.07, 6.45) is -1.42. The molecule has 2 N–H and O–H groups in total. The van der Waals surface area contributed by atoms with Gasteiger partial charge in [0.25, 0.3) is 21.6 Å². The zero-order chi connectivity index (χ0) is 37.6. The first-order valence-corrected chi connectivity index (χ1v) is 18.5. The molecule has 1 fully saturated rings. The van der Waals surface area contributed by atoms with Crippen molar-refractivity contribution in [3.05, 3.63) is 123 Å². The van der Waals surface area contributed by atoms with Crippen molar-refractivity contribution < 1.29 is 37.2 Å². The molecule has 1 heterocycles. The third kappa shape index (κ3) is 9.94. The lowest BCUT2D eigenvalue weighted by molar-refractivity contribution is -0.384. The molecular weight excluding hydrogens is 756 g/mol. The van der Waals surface area contributed by atoms with Crippen LogP contribution in [0, 0.1) is 10.1 Å². The van der Waals surface area contributed by atoms with E-state index in [9.17, 15) is 32.9 Å². The van der Waals surface area contributed by atoms with Gasteiger partial charge in [-0.05, 0) is 73.9 Å². The van der Waals surface area contributed by atoms with Gasteiger partial charge in [-0.15, -0.1) is 0 Å². The number of hydrogen-bond donors (Lipinski definition) is 2. The molecule has 3 amide bonds. The van der Waals surface area contributed by atoms with Gasteiger partial charge in [-0.2, -0.15) is 0 Å². The van der Waals surface area contributed by atoms with Crippen LogP contribution in [0.1, 0.15) is 32.8 Å². The Morgan fingerprint density at radius 2 is 1.54 bits per heavy atom. The number of amides is 3. The molecule has 52 heavy (non-hydrogen) atoms. The van der Waals surface area contributed by atoms with Crippen LogP contribution in [0.5, 0.6) is 5.75 Å². The van der Waals surface area contributed by atoms with Crippen molar-refractivity contribution in [3.8, 4) is 16.9 Å². The van der Waals surface area contributed by atoms with Crippen LogP contribution in [0.25, 0.3) is 11.1 Å². The molecule has 0 saturated carbocycles. The number of halogens is 1. The van der Waals surface area contributed by atoms with Gasteiger partial charge in [0.1, 0.15) is 29.5 Å². The van der Waals surface area contributed by atoms with Crippen molar-refractivity contribution >= 4 is 49.5 Å². The van der Waals surface area contributed by atoms with E-state index in [-0.39, 0.29) is 30.0 Å². The highest BCUT2D eigenvalue weighted by Gasteiger charge is 2.43. The molecule has 0 spiro atoms. The second-order valence-electron chi connectivity index (χ2n) is 13.1. The van der Waals surface area contributed by atoms with E-state index >= 15 is 0 Å². The van der Waals surface area contributed by atoms with E-state index < -0.39 is 56.6 Å². The number of carbonyl (C=O) groups is 3. The van der Waals surface area contributed by atoms with Crippen molar-refractivity contribution in [1.29, 1.82) is 0 Å². The highest BCUT2D eigenvalue weighted by Crippen LogP contribution is 2.28. The summed E-state index contributed by atoms with van der Waals surface area (Å²) in [6, 6.07) is 25.6. The fourth-order valence-corrected chi connectivity index (χ4v) is 6.83. The predicted octanol–water partition coefficient (Wildman–Crippen LogP) is 6.01. The van der Waals surface area contributed by atoms with E-state index in [1.165, 1.54) is 4.90 Å². The van der Waals surface area contributed by atoms with Crippen molar-refractivity contribution in [2.24, 2.45) is 0 Å². The molecule has 4 aromatic carbocycles. The average molecular weight is 794 g/mol. The molecule has 1 aliphatic heterocycles. The largest absolute Gasteiger partial charge is 0.488 e. The van der Waals surface area contributed by atoms with Gasteiger partial charge in [-0.3, -0.25) is 24.6 Å². The van der Waals surface area contributed by atoms with Gasteiger partial charge in [0.15, 0.2) is 0 Å². The summed E-state index contributed by atoms with van der Waals surface area (Å²) in [6.45, 7) is 5.10. The Morgan fingerprint density at radius 3 is 2.13 bits per heavy atom. The molecule has 0 bridgehead atoms. The molecule has 0 aromatic heterocycles. The van der Waals surface area contributed by atoms with E-state index in [0.717, 1.165) is 39.9 Å². The second-order valence-corrected chi connectivity index (χ2v) is 15.7. The summed E-state index contributed by atoms with van der Waals surface area (Å²) in [5.74, 6) is -1.25. The van der Waals surface area contributed by atoms with E-state index in [4.69, 9.17) is 9.47 Å². The molecule has 4 aromatic rings. The van der Waals surface area contributed by atoms with Crippen LogP contribution in [0.4, 0.5) is 10.5 Å². The highest BCUT2D eigenvalue weighted by molar-refractivity contribution is 9.10. The Labute approximate surface area is 309 Å². The lowest BCUT2D eigenvalue weighted by Gasteiger charge is -2.28. The number of carbonyl (C=O) groups excluding carboxylic acids is 3. The maximum absolute atomic E-state index is 14.0. The topological polar surface area (TPSA) is 174 Å². The average Bonchev–Trinajstić information content (AvgIpc) is 3.53. The van der Waals surface area contributed by atoms with Crippen molar-refractivity contribution in [2.75, 3.05) is 6.54 Å². The van der Waals surface area contributed by atoms with E-state index in [2.05, 4.69) is 21.2 Å². The molecule has 272 valence electrons. The van der Waals surface area contributed by atoms with Crippen LogP contribution >= 0.6 is 15.9 Å². The number of nitro benzene ring substituents is 1. The van der Waals surface area contributed by atoms with Crippen LogP contribution in [-0.2, 0) is 30.8 Å². The Balaban J connectivity index is 1.37. The fourth-order valence-electron chi connectivity index (χ4n) is 5.55. The van der Waals surface area contributed by atoms with Gasteiger partial charge >= 0.3 is 6.09 Å². The molecule has 0 aliphatic carbocycles. The Kier molecular flexibility index (Phi) is 11.6. The zero-order valence-corrected chi connectivity index (χ0v) is 30.9. The summed E-state index contributed by atoms with van der Waals surface area (Å²) in [5.41, 5.74) is 1.42. The minimum atomic E-state index is -4.50.